The lowest BCUT2D eigenvalue weighted by molar-refractivity contribution is -0.113. The molecule has 2 aromatic heterocycles. The van der Waals surface area contributed by atoms with Crippen LogP contribution >= 0.6 is 23.1 Å². The van der Waals surface area contributed by atoms with E-state index < -0.39 is 5.97 Å². The predicted molar refractivity (Wildman–Crippen MR) is 127 cm³/mol. The Morgan fingerprint density at radius 1 is 1.30 bits per heavy atom. The van der Waals surface area contributed by atoms with E-state index in [9.17, 15) is 14.0 Å². The van der Waals surface area contributed by atoms with E-state index in [1.807, 2.05) is 4.57 Å². The zero-order chi connectivity index (χ0) is 23.4. The van der Waals surface area contributed by atoms with Crippen molar-refractivity contribution in [2.75, 3.05) is 17.7 Å². The van der Waals surface area contributed by atoms with Crippen molar-refractivity contribution in [2.24, 2.45) is 0 Å². The number of aryl methyl sites for hydroxylation is 1. The second kappa shape index (κ2) is 10.3. The molecule has 3 aromatic rings. The van der Waals surface area contributed by atoms with Crippen molar-refractivity contribution in [3.05, 3.63) is 58.7 Å². The van der Waals surface area contributed by atoms with Crippen LogP contribution in [-0.4, -0.2) is 39.0 Å². The van der Waals surface area contributed by atoms with Gasteiger partial charge in [0, 0.05) is 17.0 Å². The third-order valence-corrected chi connectivity index (χ3v) is 7.29. The number of amides is 1. The first-order valence-corrected chi connectivity index (χ1v) is 12.4. The Morgan fingerprint density at radius 2 is 2.09 bits per heavy atom. The number of thioether (sulfide) groups is 1. The van der Waals surface area contributed by atoms with Crippen LogP contribution in [0.3, 0.4) is 0 Å². The number of fused-ring (bicyclic) bond motifs is 1. The molecule has 0 aliphatic heterocycles. The fourth-order valence-corrected chi connectivity index (χ4v) is 5.75. The van der Waals surface area contributed by atoms with Gasteiger partial charge < -0.3 is 10.1 Å². The van der Waals surface area contributed by atoms with Crippen molar-refractivity contribution in [1.82, 2.24) is 14.8 Å². The summed E-state index contributed by atoms with van der Waals surface area (Å²) in [4.78, 5) is 26.4. The normalized spacial score (nSPS) is 12.4. The zero-order valence-electron chi connectivity index (χ0n) is 18.1. The van der Waals surface area contributed by atoms with Gasteiger partial charge >= 0.3 is 5.97 Å². The second-order valence-electron chi connectivity index (χ2n) is 7.33. The lowest BCUT2D eigenvalue weighted by Crippen LogP contribution is -2.17. The van der Waals surface area contributed by atoms with Crippen molar-refractivity contribution in [2.45, 2.75) is 37.9 Å². The van der Waals surface area contributed by atoms with Crippen molar-refractivity contribution in [3.8, 4) is 11.4 Å². The highest BCUT2D eigenvalue weighted by Gasteiger charge is 2.28. The molecular weight excluding hydrogens is 463 g/mol. The number of aromatic nitrogens is 3. The minimum absolute atomic E-state index is 0.0868. The molecule has 0 saturated heterocycles. The number of thiophene rings is 1. The van der Waals surface area contributed by atoms with Gasteiger partial charge in [-0.15, -0.1) is 28.1 Å². The molecule has 0 fully saturated rings. The first-order chi connectivity index (χ1) is 16.0. The third-order valence-electron chi connectivity index (χ3n) is 5.12. The molecule has 1 amide bonds. The smallest absolute Gasteiger partial charge is 0.341 e. The van der Waals surface area contributed by atoms with Crippen LogP contribution in [0.25, 0.3) is 11.4 Å². The summed E-state index contributed by atoms with van der Waals surface area (Å²) in [5, 5.41) is 12.4. The molecule has 10 heteroatoms. The van der Waals surface area contributed by atoms with Crippen LogP contribution in [0, 0.1) is 5.82 Å². The van der Waals surface area contributed by atoms with Crippen LogP contribution in [0.15, 0.2) is 42.1 Å². The number of esters is 1. The number of halogens is 1. The third kappa shape index (κ3) is 5.01. The minimum atomic E-state index is -0.394. The predicted octanol–water partition coefficient (Wildman–Crippen LogP) is 4.73. The van der Waals surface area contributed by atoms with Crippen LogP contribution < -0.4 is 5.32 Å². The number of anilines is 1. The van der Waals surface area contributed by atoms with Crippen LogP contribution in [0.4, 0.5) is 9.39 Å². The molecule has 172 valence electrons. The maximum atomic E-state index is 13.3. The molecule has 0 radical (unpaired) electrons. The lowest BCUT2D eigenvalue weighted by atomic mass is 10.1. The van der Waals surface area contributed by atoms with Gasteiger partial charge in [-0.3, -0.25) is 9.36 Å². The molecule has 33 heavy (non-hydrogen) atoms. The SMILES string of the molecule is C=CCn1c(SCC(=O)Nc2sc3c(c2C(=O)OCC)CCC3)nnc1-c1ccc(F)cc1. The first kappa shape index (κ1) is 23.2. The van der Waals surface area contributed by atoms with E-state index in [4.69, 9.17) is 4.74 Å². The molecule has 0 unspecified atom stereocenters. The van der Waals surface area contributed by atoms with E-state index in [-0.39, 0.29) is 24.1 Å². The zero-order valence-corrected chi connectivity index (χ0v) is 19.7. The number of carbonyl (C=O) groups excluding carboxylic acids is 2. The summed E-state index contributed by atoms with van der Waals surface area (Å²) in [6, 6.07) is 5.99. The highest BCUT2D eigenvalue weighted by molar-refractivity contribution is 7.99. The standard InChI is InChI=1S/C23H23FN4O3S2/c1-3-12-28-20(14-8-10-15(24)11-9-14)26-27-23(28)32-13-18(29)25-21-19(22(30)31-4-2)16-6-5-7-17(16)33-21/h3,8-11H,1,4-7,12-13H2,2H3,(H,25,29). The Balaban J connectivity index is 1.48. The summed E-state index contributed by atoms with van der Waals surface area (Å²) in [5.41, 5.74) is 2.20. The Morgan fingerprint density at radius 3 is 2.82 bits per heavy atom. The largest absolute Gasteiger partial charge is 0.462 e. The van der Waals surface area contributed by atoms with Gasteiger partial charge in [0.1, 0.15) is 10.8 Å². The molecule has 7 nitrogen and oxygen atoms in total. The molecule has 1 N–H and O–H groups in total. The van der Waals surface area contributed by atoms with Gasteiger partial charge in [0.05, 0.1) is 17.9 Å². The van der Waals surface area contributed by atoms with E-state index in [1.54, 1.807) is 25.1 Å². The number of hydrogen-bond donors (Lipinski definition) is 1. The Hall–Kier alpha value is -2.98. The number of allylic oxidation sites excluding steroid dienone is 1. The minimum Gasteiger partial charge on any atom is -0.462 e. The van der Waals surface area contributed by atoms with E-state index in [2.05, 4.69) is 22.1 Å². The summed E-state index contributed by atoms with van der Waals surface area (Å²) >= 11 is 2.68. The van der Waals surface area contributed by atoms with Crippen LogP contribution in [0.5, 0.6) is 0 Å². The molecule has 1 aromatic carbocycles. The average Bonchev–Trinajstić information content (AvgIpc) is 3.48. The van der Waals surface area contributed by atoms with Gasteiger partial charge in [-0.25, -0.2) is 9.18 Å². The van der Waals surface area contributed by atoms with Gasteiger partial charge in [-0.05, 0) is 56.0 Å². The molecule has 0 saturated carbocycles. The highest BCUT2D eigenvalue weighted by atomic mass is 32.2. The molecule has 1 aliphatic rings. The van der Waals surface area contributed by atoms with Gasteiger partial charge in [0.25, 0.3) is 0 Å². The van der Waals surface area contributed by atoms with Gasteiger partial charge in [-0.1, -0.05) is 17.8 Å². The number of nitrogens with one attached hydrogen (secondary N) is 1. The van der Waals surface area contributed by atoms with Crippen LogP contribution in [0.1, 0.15) is 34.1 Å². The number of benzene rings is 1. The Labute approximate surface area is 199 Å². The van der Waals surface area contributed by atoms with Gasteiger partial charge in [0.2, 0.25) is 5.91 Å². The molecule has 0 bridgehead atoms. The summed E-state index contributed by atoms with van der Waals surface area (Å²) in [7, 11) is 0. The molecule has 0 atom stereocenters. The summed E-state index contributed by atoms with van der Waals surface area (Å²) in [6.45, 7) is 6.26. The maximum absolute atomic E-state index is 13.3. The quantitative estimate of drug-likeness (QED) is 0.267. The maximum Gasteiger partial charge on any atom is 0.341 e. The monoisotopic (exact) mass is 486 g/mol. The molecular formula is C23H23FN4O3S2. The van der Waals surface area contributed by atoms with E-state index in [1.165, 1.54) is 35.2 Å². The number of rotatable bonds is 9. The van der Waals surface area contributed by atoms with Gasteiger partial charge in [0.15, 0.2) is 11.0 Å². The molecule has 2 heterocycles. The fraction of sp³-hybridized carbons (Fsp3) is 0.304. The van der Waals surface area contributed by atoms with Crippen molar-refractivity contribution < 1.29 is 18.7 Å². The molecule has 1 aliphatic carbocycles. The number of carbonyl (C=O) groups is 2. The van der Waals surface area contributed by atoms with E-state index >= 15 is 0 Å². The first-order valence-electron chi connectivity index (χ1n) is 10.6. The van der Waals surface area contributed by atoms with Gasteiger partial charge in [-0.2, -0.15) is 0 Å². The van der Waals surface area contributed by atoms with Crippen molar-refractivity contribution in [3.63, 3.8) is 0 Å². The molecule has 4 rings (SSSR count). The van der Waals surface area contributed by atoms with Crippen LogP contribution in [-0.2, 0) is 28.9 Å². The average molecular weight is 487 g/mol. The summed E-state index contributed by atoms with van der Waals surface area (Å²) in [6.07, 6.45) is 4.45. The topological polar surface area (TPSA) is 86.1 Å². The number of ether oxygens (including phenoxy) is 1. The van der Waals surface area contributed by atoms with E-state index in [0.29, 0.717) is 33.7 Å². The van der Waals surface area contributed by atoms with Crippen LogP contribution in [0.2, 0.25) is 0 Å². The summed E-state index contributed by atoms with van der Waals surface area (Å²) in [5.74, 6) is -0.320. The lowest BCUT2D eigenvalue weighted by Gasteiger charge is -2.09. The van der Waals surface area contributed by atoms with Crippen molar-refractivity contribution >= 4 is 40.0 Å². The second-order valence-corrected chi connectivity index (χ2v) is 9.38. The Bertz CT molecular complexity index is 1190. The summed E-state index contributed by atoms with van der Waals surface area (Å²) < 4.78 is 20.3. The van der Waals surface area contributed by atoms with E-state index in [0.717, 1.165) is 29.7 Å². The molecule has 0 spiro atoms. The fourth-order valence-electron chi connectivity index (χ4n) is 3.71. The van der Waals surface area contributed by atoms with Crippen molar-refractivity contribution in [1.29, 1.82) is 0 Å². The number of nitrogens with zero attached hydrogens (tertiary/aromatic N) is 3. The number of hydrogen-bond acceptors (Lipinski definition) is 7. The highest BCUT2D eigenvalue weighted by Crippen LogP contribution is 2.39. The Kier molecular flexibility index (Phi) is 7.24.